The number of fused-ring (bicyclic) bond motifs is 2. The zero-order valence-electron chi connectivity index (χ0n) is 31.7. The third kappa shape index (κ3) is 10.6. The minimum absolute atomic E-state index is 0.0880. The summed E-state index contributed by atoms with van der Waals surface area (Å²) < 4.78 is 5.12. The number of nitrogens with zero attached hydrogens (tertiary/aromatic N) is 7. The topological polar surface area (TPSA) is 116 Å². The number of benzene rings is 4. The van der Waals surface area contributed by atoms with Gasteiger partial charge in [0.15, 0.2) is 6.35 Å². The summed E-state index contributed by atoms with van der Waals surface area (Å²) in [4.78, 5) is 15.2. The summed E-state index contributed by atoms with van der Waals surface area (Å²) in [7, 11) is 13.5. The Morgan fingerprint density at radius 3 is 1.49 bits per heavy atom. The van der Waals surface area contributed by atoms with Gasteiger partial charge in [-0.2, -0.15) is 10.5 Å². The maximum absolute atomic E-state index is 9.72. The number of hydrogen-bond donors (Lipinski definition) is 2. The number of pyridine rings is 2. The van der Waals surface area contributed by atoms with E-state index in [-0.39, 0.29) is 6.35 Å². The first-order valence-electron chi connectivity index (χ1n) is 17.0. The van der Waals surface area contributed by atoms with Gasteiger partial charge in [-0.15, -0.1) is 0 Å². The maximum atomic E-state index is 9.72. The molecule has 6 aromatic rings. The first kappa shape index (κ1) is 39.5. The molecule has 0 atom stereocenters. The van der Waals surface area contributed by atoms with E-state index in [9.17, 15) is 10.5 Å². The van der Waals surface area contributed by atoms with Crippen molar-refractivity contribution in [1.29, 1.82) is 10.5 Å². The van der Waals surface area contributed by atoms with Crippen molar-refractivity contribution in [3.8, 4) is 12.1 Å². The van der Waals surface area contributed by atoms with E-state index in [0.29, 0.717) is 22.8 Å². The molecular formula is C43H47N9O. The highest BCUT2D eigenvalue weighted by Gasteiger charge is 2.14. The molecule has 2 aromatic heterocycles. The lowest BCUT2D eigenvalue weighted by Crippen LogP contribution is -2.41. The number of anilines is 4. The third-order valence-electron chi connectivity index (χ3n) is 8.02. The van der Waals surface area contributed by atoms with Crippen LogP contribution in [0.15, 0.2) is 115 Å². The van der Waals surface area contributed by atoms with Gasteiger partial charge in [0.05, 0.1) is 16.6 Å². The van der Waals surface area contributed by atoms with Crippen molar-refractivity contribution in [2.45, 2.75) is 13.3 Å². The minimum atomic E-state index is 0.0880. The van der Waals surface area contributed by atoms with Crippen LogP contribution in [0.3, 0.4) is 0 Å². The number of para-hydroxylation sites is 4. The van der Waals surface area contributed by atoms with Gasteiger partial charge in [0.25, 0.3) is 0 Å². The molecule has 0 aliphatic rings. The standard InChI is InChI=1S/C20H18N4.C17H13N3.C6H16N2O/c1-24(2)13-12-16-17-10-6-7-11-19(17)23-20(18(16)14-21)22-15-8-4-3-5-9-15;1-12-14-9-5-6-10-16(14)20-17(15(12)11-18)19-13-7-3-2-4-8-13;1-7(2)6(9-5)8(3)4/h3-13H,1-2H3,(H,22,23);2-10H,1H3,(H,19,20);6H,1-5H3/b13-12+;;. The number of aryl methyl sites for hydroxylation is 1. The third-order valence-corrected chi connectivity index (χ3v) is 8.02. The zero-order valence-corrected chi connectivity index (χ0v) is 31.7. The molecule has 10 nitrogen and oxygen atoms in total. The van der Waals surface area contributed by atoms with Crippen LogP contribution in [0.25, 0.3) is 27.9 Å². The molecule has 0 unspecified atom stereocenters. The maximum Gasteiger partial charge on any atom is 0.167 e. The summed E-state index contributed by atoms with van der Waals surface area (Å²) in [5, 5.41) is 27.6. The molecule has 2 N–H and O–H groups in total. The fourth-order valence-electron chi connectivity index (χ4n) is 5.64. The number of rotatable bonds is 9. The van der Waals surface area contributed by atoms with E-state index in [0.717, 1.165) is 44.3 Å². The van der Waals surface area contributed by atoms with E-state index in [2.05, 4.69) is 32.7 Å². The van der Waals surface area contributed by atoms with Crippen LogP contribution in [0, 0.1) is 29.6 Å². The van der Waals surface area contributed by atoms with Crippen molar-refractivity contribution < 1.29 is 4.74 Å². The summed E-state index contributed by atoms with van der Waals surface area (Å²) in [5.41, 5.74) is 6.52. The molecule has 270 valence electrons. The molecule has 53 heavy (non-hydrogen) atoms. The molecule has 0 saturated carbocycles. The van der Waals surface area contributed by atoms with Crippen LogP contribution >= 0.6 is 0 Å². The van der Waals surface area contributed by atoms with Crippen molar-refractivity contribution in [3.63, 3.8) is 0 Å². The highest BCUT2D eigenvalue weighted by molar-refractivity contribution is 5.93. The average Bonchev–Trinajstić information content (AvgIpc) is 3.15. The number of nitrogens with one attached hydrogen (secondary N) is 2. The van der Waals surface area contributed by atoms with Gasteiger partial charge in [0, 0.05) is 48.9 Å². The van der Waals surface area contributed by atoms with Gasteiger partial charge in [0.1, 0.15) is 29.3 Å². The van der Waals surface area contributed by atoms with Gasteiger partial charge in [0.2, 0.25) is 0 Å². The summed E-state index contributed by atoms with van der Waals surface area (Å²) >= 11 is 0. The molecule has 0 aliphatic heterocycles. The van der Waals surface area contributed by atoms with Crippen molar-refractivity contribution >= 4 is 50.9 Å². The number of ether oxygens (including phenoxy) is 1. The van der Waals surface area contributed by atoms with Crippen molar-refractivity contribution in [3.05, 3.63) is 138 Å². The van der Waals surface area contributed by atoms with E-state index >= 15 is 0 Å². The van der Waals surface area contributed by atoms with Crippen LogP contribution in [0.2, 0.25) is 0 Å². The van der Waals surface area contributed by atoms with Crippen LogP contribution in [-0.4, -0.2) is 80.4 Å². The quantitative estimate of drug-likeness (QED) is 0.142. The van der Waals surface area contributed by atoms with E-state index in [1.165, 1.54) is 0 Å². The van der Waals surface area contributed by atoms with Crippen LogP contribution < -0.4 is 10.6 Å². The lowest BCUT2D eigenvalue weighted by molar-refractivity contribution is -0.0950. The second-order valence-electron chi connectivity index (χ2n) is 12.7. The first-order valence-corrected chi connectivity index (χ1v) is 17.0. The molecule has 10 heteroatoms. The average molecular weight is 706 g/mol. The molecule has 0 saturated heterocycles. The first-order chi connectivity index (χ1) is 25.6. The fourth-order valence-corrected chi connectivity index (χ4v) is 5.64. The van der Waals surface area contributed by atoms with E-state index in [1.54, 1.807) is 7.11 Å². The molecule has 0 radical (unpaired) electrons. The minimum Gasteiger partial charge on any atom is -0.383 e. The molecule has 0 fully saturated rings. The van der Waals surface area contributed by atoms with E-state index in [4.69, 9.17) is 4.74 Å². The summed E-state index contributed by atoms with van der Waals surface area (Å²) in [6, 6.07) is 39.8. The van der Waals surface area contributed by atoms with Crippen LogP contribution in [0.1, 0.15) is 22.3 Å². The van der Waals surface area contributed by atoms with Crippen molar-refractivity contribution in [1.82, 2.24) is 24.7 Å². The highest BCUT2D eigenvalue weighted by atomic mass is 16.5. The van der Waals surface area contributed by atoms with E-state index in [1.807, 2.05) is 185 Å². The normalized spacial score (nSPS) is 10.7. The lowest BCUT2D eigenvalue weighted by atomic mass is 10.0. The largest absolute Gasteiger partial charge is 0.383 e. The van der Waals surface area contributed by atoms with Gasteiger partial charge in [-0.3, -0.25) is 9.80 Å². The number of nitriles is 2. The Labute approximate surface area is 313 Å². The molecule has 0 bridgehead atoms. The fraction of sp³-hybridized carbons (Fsp3) is 0.209. The Morgan fingerprint density at radius 1 is 0.623 bits per heavy atom. The van der Waals surface area contributed by atoms with Crippen molar-refractivity contribution in [2.75, 3.05) is 60.0 Å². The Balaban J connectivity index is 0.000000195. The molecule has 0 aliphatic carbocycles. The van der Waals surface area contributed by atoms with E-state index < -0.39 is 0 Å². The van der Waals surface area contributed by atoms with Gasteiger partial charge in [-0.1, -0.05) is 72.8 Å². The molecule has 0 amide bonds. The van der Waals surface area contributed by atoms with Gasteiger partial charge in [-0.25, -0.2) is 9.97 Å². The monoisotopic (exact) mass is 705 g/mol. The molecule has 0 spiro atoms. The summed E-state index contributed by atoms with van der Waals surface area (Å²) in [6.45, 7) is 1.96. The van der Waals surface area contributed by atoms with Crippen LogP contribution in [-0.2, 0) is 4.74 Å². The molecule has 2 heterocycles. The predicted molar refractivity (Wildman–Crippen MR) is 218 cm³/mol. The predicted octanol–water partition coefficient (Wildman–Crippen LogP) is 8.58. The lowest BCUT2D eigenvalue weighted by Gasteiger charge is -2.28. The summed E-state index contributed by atoms with van der Waals surface area (Å²) in [5.74, 6) is 1.18. The molecular weight excluding hydrogens is 659 g/mol. The number of methoxy groups -OCH3 is 1. The highest BCUT2D eigenvalue weighted by Crippen LogP contribution is 2.30. The Morgan fingerprint density at radius 2 is 1.06 bits per heavy atom. The van der Waals surface area contributed by atoms with Crippen LogP contribution in [0.5, 0.6) is 0 Å². The van der Waals surface area contributed by atoms with Gasteiger partial charge >= 0.3 is 0 Å². The van der Waals surface area contributed by atoms with Crippen molar-refractivity contribution in [2.24, 2.45) is 0 Å². The Kier molecular flexibility index (Phi) is 14.4. The SMILES string of the molecule is CN(C)/C=C/c1c(C#N)c(Nc2ccccc2)nc2ccccc12.COC(N(C)C)N(C)C.Cc1c(C#N)c(Nc2ccccc2)nc2ccccc12. The number of hydrogen-bond acceptors (Lipinski definition) is 10. The summed E-state index contributed by atoms with van der Waals surface area (Å²) in [6.07, 6.45) is 3.98. The second kappa shape index (κ2) is 19.3. The second-order valence-corrected chi connectivity index (χ2v) is 12.7. The Bertz CT molecular complexity index is 2200. The Hall–Kier alpha value is -6.30. The molecule has 4 aromatic carbocycles. The van der Waals surface area contributed by atoms with Gasteiger partial charge in [-0.05, 0) is 89.4 Å². The van der Waals surface area contributed by atoms with Crippen LogP contribution in [0.4, 0.5) is 23.0 Å². The smallest absolute Gasteiger partial charge is 0.167 e. The molecule has 6 rings (SSSR count). The number of aromatic nitrogens is 2. The zero-order chi connectivity index (χ0) is 38.3. The van der Waals surface area contributed by atoms with Gasteiger partial charge < -0.3 is 20.3 Å².